The number of fused-ring (bicyclic) bond motifs is 1. The van der Waals surface area contributed by atoms with Gasteiger partial charge < -0.3 is 16.0 Å². The molecule has 0 unspecified atom stereocenters. The number of benzene rings is 1. The first-order valence-electron chi connectivity index (χ1n) is 7.74. The molecule has 1 amide bonds. The molecule has 4 N–H and O–H groups in total. The van der Waals surface area contributed by atoms with Gasteiger partial charge in [-0.05, 0) is 36.4 Å². The summed E-state index contributed by atoms with van der Waals surface area (Å²) in [6, 6.07) is 12.6. The van der Waals surface area contributed by atoms with Crippen LogP contribution in [-0.2, 0) is 0 Å². The van der Waals surface area contributed by atoms with Gasteiger partial charge in [-0.25, -0.2) is 9.97 Å². The third-order valence-corrected chi connectivity index (χ3v) is 4.08. The van der Waals surface area contributed by atoms with Crippen molar-refractivity contribution < 1.29 is 4.79 Å². The molecule has 4 aromatic rings. The zero-order chi connectivity index (χ0) is 18.1. The number of amides is 1. The number of halogens is 1. The number of anilines is 2. The van der Waals surface area contributed by atoms with Crippen LogP contribution in [0.25, 0.3) is 22.3 Å². The number of carbonyl (C=O) groups is 1. The average Bonchev–Trinajstić information content (AvgIpc) is 3.08. The Morgan fingerprint density at radius 1 is 1.08 bits per heavy atom. The Morgan fingerprint density at radius 2 is 1.96 bits per heavy atom. The van der Waals surface area contributed by atoms with Crippen molar-refractivity contribution in [1.82, 2.24) is 19.9 Å². The first-order valence-corrected chi connectivity index (χ1v) is 8.11. The molecule has 4 rings (SSSR count). The van der Waals surface area contributed by atoms with Crippen molar-refractivity contribution in [1.29, 1.82) is 0 Å². The Hall–Kier alpha value is -3.45. The Balaban J connectivity index is 1.68. The minimum Gasteiger partial charge on any atom is -0.364 e. The van der Waals surface area contributed by atoms with E-state index in [-0.39, 0.29) is 0 Å². The molecule has 3 heterocycles. The maximum atomic E-state index is 11.3. The number of pyridine rings is 1. The van der Waals surface area contributed by atoms with Gasteiger partial charge in [-0.2, -0.15) is 0 Å². The molecule has 0 aliphatic carbocycles. The highest BCUT2D eigenvalue weighted by atomic mass is 35.5. The first kappa shape index (κ1) is 16.0. The number of hydrogen-bond acceptors (Lipinski definition) is 5. The van der Waals surface area contributed by atoms with E-state index in [9.17, 15) is 4.79 Å². The highest BCUT2D eigenvalue weighted by Crippen LogP contribution is 2.29. The van der Waals surface area contributed by atoms with Crippen LogP contribution >= 0.6 is 11.6 Å². The van der Waals surface area contributed by atoms with Gasteiger partial charge in [-0.3, -0.25) is 9.78 Å². The predicted octanol–water partition coefficient (Wildman–Crippen LogP) is 3.52. The zero-order valence-electron chi connectivity index (χ0n) is 13.4. The second-order valence-corrected chi connectivity index (χ2v) is 5.98. The number of nitrogens with two attached hydrogens (primary N) is 1. The molecular weight excluding hydrogens is 352 g/mol. The molecule has 0 saturated carbocycles. The third kappa shape index (κ3) is 3.07. The molecule has 26 heavy (non-hydrogen) atoms. The lowest BCUT2D eigenvalue weighted by Crippen LogP contribution is -2.10. The van der Waals surface area contributed by atoms with E-state index in [1.165, 1.54) is 0 Å². The fraction of sp³-hybridized carbons (Fsp3) is 0. The van der Waals surface area contributed by atoms with Gasteiger partial charge in [0.25, 0.3) is 5.91 Å². The maximum absolute atomic E-state index is 11.3. The quantitative estimate of drug-likeness (QED) is 0.513. The second kappa shape index (κ2) is 6.45. The number of hydrogen-bond donors (Lipinski definition) is 3. The Kier molecular flexibility index (Phi) is 3.98. The van der Waals surface area contributed by atoms with Crippen molar-refractivity contribution in [3.8, 4) is 11.4 Å². The van der Waals surface area contributed by atoms with E-state index in [0.29, 0.717) is 33.6 Å². The number of carbonyl (C=O) groups excluding carboxylic acids is 1. The number of aromatic amines is 1. The van der Waals surface area contributed by atoms with E-state index in [0.717, 1.165) is 11.1 Å². The van der Waals surface area contributed by atoms with Gasteiger partial charge in [-0.1, -0.05) is 17.7 Å². The van der Waals surface area contributed by atoms with Gasteiger partial charge in [0.1, 0.15) is 5.69 Å². The molecule has 0 bridgehead atoms. The van der Waals surface area contributed by atoms with E-state index in [4.69, 9.17) is 17.3 Å². The Morgan fingerprint density at radius 3 is 2.73 bits per heavy atom. The fourth-order valence-corrected chi connectivity index (χ4v) is 2.88. The minimum absolute atomic E-state index is 0.299. The molecule has 0 spiro atoms. The Bertz CT molecular complexity index is 1110. The van der Waals surface area contributed by atoms with Crippen LogP contribution in [0.4, 0.5) is 11.6 Å². The molecule has 3 aromatic heterocycles. The topological polar surface area (TPSA) is 110 Å². The van der Waals surface area contributed by atoms with Gasteiger partial charge >= 0.3 is 0 Å². The number of rotatable bonds is 4. The van der Waals surface area contributed by atoms with Crippen LogP contribution in [0.1, 0.15) is 10.5 Å². The lowest BCUT2D eigenvalue weighted by molar-refractivity contribution is 0.0996. The first-order chi connectivity index (χ1) is 12.6. The molecule has 8 heteroatoms. The number of nitrogens with one attached hydrogen (secondary N) is 2. The lowest BCUT2D eigenvalue weighted by Gasteiger charge is -2.07. The Labute approximate surface area is 153 Å². The molecule has 0 fully saturated rings. The van der Waals surface area contributed by atoms with E-state index < -0.39 is 5.91 Å². The van der Waals surface area contributed by atoms with Crippen molar-refractivity contribution in [3.05, 3.63) is 65.6 Å². The van der Waals surface area contributed by atoms with Crippen LogP contribution in [0.2, 0.25) is 5.02 Å². The molecule has 0 aliphatic heterocycles. The van der Waals surface area contributed by atoms with Crippen LogP contribution in [0.3, 0.4) is 0 Å². The summed E-state index contributed by atoms with van der Waals surface area (Å²) in [4.78, 5) is 27.2. The summed E-state index contributed by atoms with van der Waals surface area (Å²) in [7, 11) is 0. The lowest BCUT2D eigenvalue weighted by atomic mass is 10.2. The highest BCUT2D eigenvalue weighted by molar-refractivity contribution is 6.35. The van der Waals surface area contributed by atoms with Gasteiger partial charge in [0.05, 0.1) is 21.9 Å². The van der Waals surface area contributed by atoms with Crippen molar-refractivity contribution in [2.75, 3.05) is 5.32 Å². The van der Waals surface area contributed by atoms with Gasteiger partial charge in [0.15, 0.2) is 0 Å². The van der Waals surface area contributed by atoms with E-state index in [2.05, 4.69) is 25.3 Å². The normalized spacial score (nSPS) is 10.8. The van der Waals surface area contributed by atoms with Crippen LogP contribution in [0.15, 0.2) is 54.9 Å². The van der Waals surface area contributed by atoms with Crippen LogP contribution < -0.4 is 11.1 Å². The van der Waals surface area contributed by atoms with Crippen LogP contribution in [-0.4, -0.2) is 25.8 Å². The largest absolute Gasteiger partial charge is 0.364 e. The molecule has 0 saturated heterocycles. The maximum Gasteiger partial charge on any atom is 0.265 e. The summed E-state index contributed by atoms with van der Waals surface area (Å²) >= 11 is 6.30. The summed E-state index contributed by atoms with van der Waals surface area (Å²) in [5.74, 6) is -0.132. The standard InChI is InChI=1S/C18H13ClN6O/c19-12-9-11(7-10-8-15(17(20)26)24-16(10)12)23-18-22-6-4-14(25-18)13-3-1-2-5-21-13/h1-9,24H,(H2,20,26)(H,22,23,25). The van der Waals surface area contributed by atoms with Crippen molar-refractivity contribution in [3.63, 3.8) is 0 Å². The molecule has 0 atom stereocenters. The smallest absolute Gasteiger partial charge is 0.265 e. The zero-order valence-corrected chi connectivity index (χ0v) is 14.2. The SMILES string of the molecule is NC(=O)c1cc2cc(Nc3nccc(-c4ccccn4)n3)cc(Cl)c2[nH]1. The van der Waals surface area contributed by atoms with Crippen molar-refractivity contribution >= 4 is 40.0 Å². The molecule has 1 aromatic carbocycles. The van der Waals surface area contributed by atoms with Crippen molar-refractivity contribution in [2.45, 2.75) is 0 Å². The van der Waals surface area contributed by atoms with Gasteiger partial charge in [-0.15, -0.1) is 0 Å². The highest BCUT2D eigenvalue weighted by Gasteiger charge is 2.11. The summed E-state index contributed by atoms with van der Waals surface area (Å²) in [6.07, 6.45) is 3.36. The minimum atomic E-state index is -0.543. The number of H-pyrrole nitrogens is 1. The molecule has 0 aliphatic rings. The second-order valence-electron chi connectivity index (χ2n) is 5.58. The van der Waals surface area contributed by atoms with Gasteiger partial charge in [0.2, 0.25) is 5.95 Å². The van der Waals surface area contributed by atoms with Crippen molar-refractivity contribution in [2.24, 2.45) is 5.73 Å². The van der Waals surface area contributed by atoms with Gasteiger partial charge in [0, 0.05) is 23.5 Å². The summed E-state index contributed by atoms with van der Waals surface area (Å²) in [5.41, 5.74) is 8.40. The molecule has 7 nitrogen and oxygen atoms in total. The van der Waals surface area contributed by atoms with E-state index in [1.807, 2.05) is 24.3 Å². The third-order valence-electron chi connectivity index (χ3n) is 3.78. The van der Waals surface area contributed by atoms with E-state index >= 15 is 0 Å². The fourth-order valence-electron chi connectivity index (χ4n) is 2.61. The molecule has 128 valence electrons. The average molecular weight is 365 g/mol. The molecule has 0 radical (unpaired) electrons. The molecular formula is C18H13ClN6O. The summed E-state index contributed by atoms with van der Waals surface area (Å²) in [6.45, 7) is 0. The van der Waals surface area contributed by atoms with Crippen LogP contribution in [0, 0.1) is 0 Å². The number of primary amides is 1. The van der Waals surface area contributed by atoms with Crippen LogP contribution in [0.5, 0.6) is 0 Å². The monoisotopic (exact) mass is 364 g/mol. The predicted molar refractivity (Wildman–Crippen MR) is 100 cm³/mol. The summed E-state index contributed by atoms with van der Waals surface area (Å²) in [5, 5.41) is 4.34. The number of nitrogens with zero attached hydrogens (tertiary/aromatic N) is 3. The van der Waals surface area contributed by atoms with E-state index in [1.54, 1.807) is 30.6 Å². The summed E-state index contributed by atoms with van der Waals surface area (Å²) < 4.78 is 0. The number of aromatic nitrogens is 4.